The van der Waals surface area contributed by atoms with E-state index in [0.29, 0.717) is 5.56 Å². The van der Waals surface area contributed by atoms with E-state index in [0.717, 1.165) is 39.3 Å². The Morgan fingerprint density at radius 1 is 0.654 bits per heavy atom. The first-order valence-corrected chi connectivity index (χ1v) is 8.44. The molecule has 5 rings (SSSR count). The van der Waals surface area contributed by atoms with Crippen molar-refractivity contribution in [2.75, 3.05) is 4.90 Å². The Balaban J connectivity index is 1.84. The molecule has 0 radical (unpaired) electrons. The lowest BCUT2D eigenvalue weighted by atomic mass is 10.0. The molecule has 3 nitrogen and oxygen atoms in total. The topological polar surface area (TPSA) is 36.3 Å². The van der Waals surface area contributed by atoms with E-state index < -0.39 is 0 Å². The Bertz CT molecular complexity index is 1190. The summed E-state index contributed by atoms with van der Waals surface area (Å²) in [5, 5.41) is 11.9. The predicted octanol–water partition coefficient (Wildman–Crippen LogP) is 6.29. The molecule has 0 bridgehead atoms. The molecule has 0 aliphatic carbocycles. The minimum absolute atomic E-state index is 0.628. The maximum atomic E-state index is 9.61. The van der Waals surface area contributed by atoms with Crippen LogP contribution >= 0.6 is 0 Å². The molecule has 122 valence electrons. The molecular formula is C23H14N2O. The maximum Gasteiger partial charge on any atom is 0.152 e. The van der Waals surface area contributed by atoms with Gasteiger partial charge in [0.2, 0.25) is 0 Å². The number of ether oxygens (including phenoxy) is 1. The zero-order valence-corrected chi connectivity index (χ0v) is 13.9. The van der Waals surface area contributed by atoms with Gasteiger partial charge in [0.15, 0.2) is 11.5 Å². The fraction of sp³-hybridized carbons (Fsp3) is 0. The lowest BCUT2D eigenvalue weighted by molar-refractivity contribution is 0.477. The van der Waals surface area contributed by atoms with Crippen molar-refractivity contribution < 1.29 is 4.74 Å². The molecule has 0 spiro atoms. The number of hydrogen-bond acceptors (Lipinski definition) is 3. The molecule has 3 heteroatoms. The maximum absolute atomic E-state index is 9.61. The highest BCUT2D eigenvalue weighted by molar-refractivity contribution is 5.95. The molecule has 0 amide bonds. The van der Waals surface area contributed by atoms with E-state index in [1.54, 1.807) is 0 Å². The molecule has 0 saturated carbocycles. The van der Waals surface area contributed by atoms with Crippen LogP contribution in [0.5, 0.6) is 11.5 Å². The second-order valence-electron chi connectivity index (χ2n) is 6.20. The average Bonchev–Trinajstić information content (AvgIpc) is 2.70. The van der Waals surface area contributed by atoms with Crippen LogP contribution in [0.3, 0.4) is 0 Å². The summed E-state index contributed by atoms with van der Waals surface area (Å²) in [5.41, 5.74) is 3.34. The third-order valence-corrected chi connectivity index (χ3v) is 4.66. The number of para-hydroxylation sites is 3. The first kappa shape index (κ1) is 14.6. The van der Waals surface area contributed by atoms with Gasteiger partial charge in [-0.05, 0) is 47.2 Å². The Hall–Kier alpha value is -3.77. The van der Waals surface area contributed by atoms with E-state index in [1.165, 1.54) is 0 Å². The van der Waals surface area contributed by atoms with Gasteiger partial charge >= 0.3 is 0 Å². The van der Waals surface area contributed by atoms with Crippen LogP contribution in [-0.2, 0) is 0 Å². The summed E-state index contributed by atoms with van der Waals surface area (Å²) in [7, 11) is 0. The van der Waals surface area contributed by atoms with Crippen molar-refractivity contribution in [1.29, 1.82) is 5.26 Å². The van der Waals surface area contributed by atoms with Gasteiger partial charge in [0.1, 0.15) is 6.07 Å². The lowest BCUT2D eigenvalue weighted by Gasteiger charge is -2.33. The second kappa shape index (κ2) is 5.65. The van der Waals surface area contributed by atoms with Crippen molar-refractivity contribution in [2.45, 2.75) is 0 Å². The summed E-state index contributed by atoms with van der Waals surface area (Å²) < 4.78 is 6.19. The van der Waals surface area contributed by atoms with Crippen molar-refractivity contribution in [1.82, 2.24) is 0 Å². The third kappa shape index (κ3) is 2.13. The van der Waals surface area contributed by atoms with Gasteiger partial charge in [-0.3, -0.25) is 0 Å². The molecule has 4 aromatic rings. The van der Waals surface area contributed by atoms with Gasteiger partial charge in [0.05, 0.1) is 22.6 Å². The van der Waals surface area contributed by atoms with E-state index in [-0.39, 0.29) is 0 Å². The molecule has 1 aliphatic heterocycles. The summed E-state index contributed by atoms with van der Waals surface area (Å²) in [6.07, 6.45) is 0. The van der Waals surface area contributed by atoms with Crippen LogP contribution in [0.1, 0.15) is 5.56 Å². The molecule has 1 heterocycles. The van der Waals surface area contributed by atoms with E-state index in [9.17, 15) is 5.26 Å². The van der Waals surface area contributed by atoms with Crippen LogP contribution in [0.15, 0.2) is 84.9 Å². The molecule has 0 unspecified atom stereocenters. The van der Waals surface area contributed by atoms with E-state index in [1.807, 2.05) is 60.7 Å². The highest BCUT2D eigenvalue weighted by Gasteiger charge is 2.27. The normalized spacial score (nSPS) is 12.0. The summed E-state index contributed by atoms with van der Waals surface area (Å²) in [4.78, 5) is 2.11. The molecule has 0 saturated heterocycles. The van der Waals surface area contributed by atoms with Crippen LogP contribution in [-0.4, -0.2) is 0 Å². The summed E-state index contributed by atoms with van der Waals surface area (Å²) >= 11 is 0. The van der Waals surface area contributed by atoms with Crippen LogP contribution in [0.25, 0.3) is 10.8 Å². The number of rotatable bonds is 1. The highest BCUT2D eigenvalue weighted by Crippen LogP contribution is 2.51. The quantitative estimate of drug-likeness (QED) is 0.361. The van der Waals surface area contributed by atoms with Gasteiger partial charge in [-0.25, -0.2) is 0 Å². The Morgan fingerprint density at radius 2 is 1.31 bits per heavy atom. The van der Waals surface area contributed by atoms with Crippen LogP contribution in [0.4, 0.5) is 17.1 Å². The Morgan fingerprint density at radius 3 is 2.12 bits per heavy atom. The molecule has 4 aromatic carbocycles. The van der Waals surface area contributed by atoms with Gasteiger partial charge in [-0.2, -0.15) is 5.26 Å². The minimum atomic E-state index is 0.628. The molecule has 26 heavy (non-hydrogen) atoms. The second-order valence-corrected chi connectivity index (χ2v) is 6.20. The van der Waals surface area contributed by atoms with Gasteiger partial charge in [-0.15, -0.1) is 0 Å². The SMILES string of the molecule is N#Cc1ccccc1N1c2ccccc2Oc2cc3ccccc3cc21. The largest absolute Gasteiger partial charge is 0.453 e. The van der Waals surface area contributed by atoms with E-state index in [2.05, 4.69) is 35.2 Å². The van der Waals surface area contributed by atoms with Crippen molar-refractivity contribution in [3.63, 3.8) is 0 Å². The standard InChI is InChI=1S/C23H14N2O/c24-15-18-9-3-4-10-19(18)25-20-11-5-6-12-22(20)26-23-14-17-8-2-1-7-16(17)13-21(23)25/h1-14H. The lowest BCUT2D eigenvalue weighted by Crippen LogP contribution is -2.16. The van der Waals surface area contributed by atoms with E-state index in [4.69, 9.17) is 4.74 Å². The van der Waals surface area contributed by atoms with Gasteiger partial charge in [0, 0.05) is 0 Å². The number of nitrogens with zero attached hydrogens (tertiary/aromatic N) is 2. The molecule has 0 N–H and O–H groups in total. The molecule has 0 atom stereocenters. The summed E-state index contributed by atoms with van der Waals surface area (Å²) in [6, 6.07) is 30.3. The highest BCUT2D eigenvalue weighted by atomic mass is 16.5. The van der Waals surface area contributed by atoms with Crippen LogP contribution in [0, 0.1) is 11.3 Å². The monoisotopic (exact) mass is 334 g/mol. The van der Waals surface area contributed by atoms with Crippen LogP contribution < -0.4 is 9.64 Å². The third-order valence-electron chi connectivity index (χ3n) is 4.66. The zero-order valence-electron chi connectivity index (χ0n) is 13.9. The molecule has 0 fully saturated rings. The number of hydrogen-bond donors (Lipinski definition) is 0. The number of fused-ring (bicyclic) bond motifs is 3. The van der Waals surface area contributed by atoms with Gasteiger partial charge in [0.25, 0.3) is 0 Å². The van der Waals surface area contributed by atoms with Crippen molar-refractivity contribution in [3.05, 3.63) is 90.5 Å². The first-order chi connectivity index (χ1) is 12.8. The van der Waals surface area contributed by atoms with Crippen molar-refractivity contribution in [2.24, 2.45) is 0 Å². The number of anilines is 3. The number of benzene rings is 4. The Kier molecular flexibility index (Phi) is 3.16. The summed E-state index contributed by atoms with van der Waals surface area (Å²) in [6.45, 7) is 0. The minimum Gasteiger partial charge on any atom is -0.453 e. The molecule has 1 aliphatic rings. The smallest absolute Gasteiger partial charge is 0.152 e. The fourth-order valence-corrected chi connectivity index (χ4v) is 3.46. The van der Waals surface area contributed by atoms with E-state index >= 15 is 0 Å². The first-order valence-electron chi connectivity index (χ1n) is 8.44. The van der Waals surface area contributed by atoms with Gasteiger partial charge < -0.3 is 9.64 Å². The Labute approximate surface area is 151 Å². The predicted molar refractivity (Wildman–Crippen MR) is 103 cm³/mol. The average molecular weight is 334 g/mol. The summed E-state index contributed by atoms with van der Waals surface area (Å²) in [5.74, 6) is 1.57. The molecular weight excluding hydrogens is 320 g/mol. The van der Waals surface area contributed by atoms with Crippen molar-refractivity contribution >= 4 is 27.8 Å². The number of nitriles is 1. The van der Waals surface area contributed by atoms with Crippen molar-refractivity contribution in [3.8, 4) is 17.6 Å². The molecule has 0 aromatic heterocycles. The zero-order chi connectivity index (χ0) is 17.5. The van der Waals surface area contributed by atoms with Crippen LogP contribution in [0.2, 0.25) is 0 Å². The van der Waals surface area contributed by atoms with Gasteiger partial charge in [-0.1, -0.05) is 48.5 Å². The fourth-order valence-electron chi connectivity index (χ4n) is 3.46.